The van der Waals surface area contributed by atoms with Gasteiger partial charge in [-0.2, -0.15) is 0 Å². The number of hydrogen-bond acceptors (Lipinski definition) is 6. The quantitative estimate of drug-likeness (QED) is 0.0272. The number of amides is 1. The van der Waals surface area contributed by atoms with Crippen LogP contribution in [0.1, 0.15) is 251 Å². The van der Waals surface area contributed by atoms with Crippen molar-refractivity contribution >= 4 is 13.7 Å². The van der Waals surface area contributed by atoms with Crippen LogP contribution in [-0.4, -0.2) is 68.5 Å². The highest BCUT2D eigenvalue weighted by atomic mass is 31.2. The highest BCUT2D eigenvalue weighted by Crippen LogP contribution is 2.38. The first-order valence-electron chi connectivity index (χ1n) is 26.9. The first-order valence-corrected chi connectivity index (χ1v) is 28.3. The second-order valence-electron chi connectivity index (χ2n) is 19.6. The van der Waals surface area contributed by atoms with E-state index in [1.807, 2.05) is 27.2 Å². The van der Waals surface area contributed by atoms with Crippen molar-refractivity contribution in [2.45, 2.75) is 264 Å². The second kappa shape index (κ2) is 45.9. The molecule has 0 fully saturated rings. The van der Waals surface area contributed by atoms with Crippen LogP contribution in [0.25, 0.3) is 0 Å². The molecule has 0 spiro atoms. The molecule has 3 atom stereocenters. The molecule has 0 aromatic rings. The smallest absolute Gasteiger partial charge is 0.268 e. The van der Waals surface area contributed by atoms with Crippen molar-refractivity contribution in [2.24, 2.45) is 0 Å². The summed E-state index contributed by atoms with van der Waals surface area (Å²) in [5, 5.41) is 13.8. The predicted molar refractivity (Wildman–Crippen MR) is 270 cm³/mol. The molecule has 0 aromatic heterocycles. The Morgan fingerprint density at radius 3 is 1.25 bits per heavy atom. The summed E-state index contributed by atoms with van der Waals surface area (Å²) < 4.78 is 23.2. The van der Waals surface area contributed by atoms with Gasteiger partial charge in [-0.1, -0.05) is 243 Å². The number of hydrogen-bond donors (Lipinski definition) is 2. The van der Waals surface area contributed by atoms with Gasteiger partial charge in [-0.25, -0.2) is 0 Å². The maximum absolute atomic E-state index is 12.9. The van der Waals surface area contributed by atoms with Gasteiger partial charge in [0.15, 0.2) is 0 Å². The maximum atomic E-state index is 12.9. The average molecular weight is 909 g/mol. The van der Waals surface area contributed by atoms with E-state index in [9.17, 15) is 19.4 Å². The van der Waals surface area contributed by atoms with E-state index < -0.39 is 26.6 Å². The summed E-state index contributed by atoms with van der Waals surface area (Å²) in [7, 11) is 1.24. The van der Waals surface area contributed by atoms with Crippen LogP contribution < -0.4 is 10.2 Å². The van der Waals surface area contributed by atoms with Crippen LogP contribution in [0.15, 0.2) is 36.5 Å². The number of rotatable bonds is 49. The van der Waals surface area contributed by atoms with Gasteiger partial charge in [-0.05, 0) is 38.5 Å². The molecule has 0 aliphatic rings. The summed E-state index contributed by atoms with van der Waals surface area (Å²) in [6.45, 7) is 4.56. The van der Waals surface area contributed by atoms with Crippen LogP contribution in [0.2, 0.25) is 0 Å². The number of quaternary nitrogens is 1. The Morgan fingerprint density at radius 2 is 0.889 bits per heavy atom. The molecule has 0 aromatic carbocycles. The minimum absolute atomic E-state index is 0.00795. The zero-order valence-electron chi connectivity index (χ0n) is 42.3. The summed E-state index contributed by atoms with van der Waals surface area (Å²) >= 11 is 0. The number of aliphatic hydroxyl groups excluding tert-OH is 1. The highest BCUT2D eigenvalue weighted by molar-refractivity contribution is 7.45. The first-order chi connectivity index (χ1) is 30.5. The zero-order chi connectivity index (χ0) is 46.4. The van der Waals surface area contributed by atoms with Gasteiger partial charge in [0.25, 0.3) is 7.82 Å². The van der Waals surface area contributed by atoms with E-state index in [0.29, 0.717) is 17.4 Å². The Hall–Kier alpha value is -1.28. The van der Waals surface area contributed by atoms with Crippen molar-refractivity contribution in [1.82, 2.24) is 5.32 Å². The molecular formula is C54H105N2O6P. The number of unbranched alkanes of at least 4 members (excludes halogenated alkanes) is 32. The molecule has 8 nitrogen and oxygen atoms in total. The van der Waals surface area contributed by atoms with Gasteiger partial charge in [0.1, 0.15) is 13.2 Å². The zero-order valence-corrected chi connectivity index (χ0v) is 43.2. The number of phosphoric acid groups is 1. The molecule has 2 N–H and O–H groups in total. The molecule has 3 unspecified atom stereocenters. The number of carbonyl (C=O) groups is 1. The van der Waals surface area contributed by atoms with Gasteiger partial charge in [-0.3, -0.25) is 9.36 Å². The average Bonchev–Trinajstić information content (AvgIpc) is 3.24. The number of phosphoric ester groups is 1. The van der Waals surface area contributed by atoms with Crippen molar-refractivity contribution < 1.29 is 32.9 Å². The van der Waals surface area contributed by atoms with Crippen LogP contribution >= 0.6 is 7.82 Å². The van der Waals surface area contributed by atoms with Gasteiger partial charge < -0.3 is 28.8 Å². The van der Waals surface area contributed by atoms with E-state index in [2.05, 4.69) is 43.5 Å². The Kier molecular flexibility index (Phi) is 44.9. The largest absolute Gasteiger partial charge is 0.756 e. The van der Waals surface area contributed by atoms with E-state index >= 15 is 0 Å². The lowest BCUT2D eigenvalue weighted by Crippen LogP contribution is -2.45. The number of carbonyl (C=O) groups excluding carboxylic acids is 1. The van der Waals surface area contributed by atoms with E-state index in [4.69, 9.17) is 9.05 Å². The molecule has 0 aliphatic heterocycles. The Labute approximate surface area is 391 Å². The SMILES string of the molecule is CCC/C=C/CC/C=C/CC/C=C/C(O)C(COP(=O)([O-])OCC[N+](C)(C)C)NC(=O)CCCCCCCCCCCCCCCCCCCCCCCCCCCCCCCC. The molecule has 0 saturated heterocycles. The standard InChI is InChI=1S/C54H105N2O6P/c1-6-8-10-12-14-16-18-19-20-21-22-23-24-25-26-27-28-29-30-31-32-33-34-35-36-38-40-42-44-46-48-54(58)55-52(51-62-63(59,60)61-50-49-56(3,4)5)53(57)47-45-43-41-39-37-17-15-13-11-9-7-2/h11,13,37,39,45,47,52-53,57H,6-10,12,14-36,38,40-44,46,48-51H2,1-5H3,(H-,55,58,59,60)/b13-11+,39-37+,47-45+. The van der Waals surface area contributed by atoms with Gasteiger partial charge in [-0.15, -0.1) is 0 Å². The molecule has 0 radical (unpaired) electrons. The van der Waals surface area contributed by atoms with Gasteiger partial charge in [0.05, 0.1) is 39.9 Å². The summed E-state index contributed by atoms with van der Waals surface area (Å²) in [5.41, 5.74) is 0. The van der Waals surface area contributed by atoms with Crippen LogP contribution in [0.3, 0.4) is 0 Å². The predicted octanol–water partition coefficient (Wildman–Crippen LogP) is 15.2. The van der Waals surface area contributed by atoms with E-state index in [1.165, 1.54) is 180 Å². The van der Waals surface area contributed by atoms with Crippen LogP contribution in [0.4, 0.5) is 0 Å². The third-order valence-electron chi connectivity index (χ3n) is 12.1. The number of allylic oxidation sites excluding steroid dienone is 5. The van der Waals surface area contributed by atoms with Gasteiger partial charge in [0.2, 0.25) is 5.91 Å². The van der Waals surface area contributed by atoms with Crippen molar-refractivity contribution in [3.8, 4) is 0 Å². The second-order valence-corrected chi connectivity index (χ2v) is 21.0. The van der Waals surface area contributed by atoms with Crippen molar-refractivity contribution in [2.75, 3.05) is 40.9 Å². The summed E-state index contributed by atoms with van der Waals surface area (Å²) in [6, 6.07) is -0.906. The van der Waals surface area contributed by atoms with E-state index in [-0.39, 0.29) is 12.5 Å². The lowest BCUT2D eigenvalue weighted by molar-refractivity contribution is -0.870. The lowest BCUT2D eigenvalue weighted by atomic mass is 10.0. The van der Waals surface area contributed by atoms with E-state index in [0.717, 1.165) is 51.4 Å². The molecule has 0 bridgehead atoms. The number of nitrogens with one attached hydrogen (secondary N) is 1. The molecule has 0 saturated carbocycles. The Bertz CT molecular complexity index is 1120. The van der Waals surface area contributed by atoms with Crippen molar-refractivity contribution in [3.63, 3.8) is 0 Å². The number of nitrogens with zero attached hydrogens (tertiary/aromatic N) is 1. The van der Waals surface area contributed by atoms with Crippen LogP contribution in [0.5, 0.6) is 0 Å². The Balaban J connectivity index is 4.02. The molecule has 372 valence electrons. The lowest BCUT2D eigenvalue weighted by Gasteiger charge is -2.29. The van der Waals surface area contributed by atoms with Gasteiger partial charge >= 0.3 is 0 Å². The third kappa shape index (κ3) is 48.5. The molecule has 0 aliphatic carbocycles. The molecule has 9 heteroatoms. The van der Waals surface area contributed by atoms with Crippen LogP contribution in [0, 0.1) is 0 Å². The topological polar surface area (TPSA) is 108 Å². The minimum atomic E-state index is -4.60. The fourth-order valence-electron chi connectivity index (χ4n) is 7.84. The molecule has 1 amide bonds. The molecule has 63 heavy (non-hydrogen) atoms. The van der Waals surface area contributed by atoms with Crippen molar-refractivity contribution in [1.29, 1.82) is 0 Å². The van der Waals surface area contributed by atoms with Crippen LogP contribution in [-0.2, 0) is 18.4 Å². The normalized spacial score (nSPS) is 14.3. The molecule has 0 heterocycles. The monoisotopic (exact) mass is 909 g/mol. The fraction of sp³-hybridized carbons (Fsp3) is 0.870. The summed E-state index contributed by atoms with van der Waals surface area (Å²) in [6.07, 6.45) is 58.2. The maximum Gasteiger partial charge on any atom is 0.268 e. The summed E-state index contributed by atoms with van der Waals surface area (Å²) in [4.78, 5) is 25.3. The minimum Gasteiger partial charge on any atom is -0.756 e. The first kappa shape index (κ1) is 61.7. The fourth-order valence-corrected chi connectivity index (χ4v) is 8.56. The Morgan fingerprint density at radius 1 is 0.540 bits per heavy atom. The number of likely N-dealkylation sites (N-methyl/N-ethyl adjacent to an activating group) is 1. The van der Waals surface area contributed by atoms with Gasteiger partial charge in [0, 0.05) is 6.42 Å². The molecule has 0 rings (SSSR count). The van der Waals surface area contributed by atoms with Crippen molar-refractivity contribution in [3.05, 3.63) is 36.5 Å². The molecular weight excluding hydrogens is 804 g/mol. The third-order valence-corrected chi connectivity index (χ3v) is 13.0. The summed E-state index contributed by atoms with van der Waals surface area (Å²) in [5.74, 6) is -0.209. The number of aliphatic hydroxyl groups is 1. The highest BCUT2D eigenvalue weighted by Gasteiger charge is 2.23. The van der Waals surface area contributed by atoms with E-state index in [1.54, 1.807) is 6.08 Å².